The van der Waals surface area contributed by atoms with Gasteiger partial charge in [0, 0.05) is 6.07 Å². The van der Waals surface area contributed by atoms with E-state index in [1.807, 2.05) is 37.3 Å². The Hall–Kier alpha value is -4.40. The van der Waals surface area contributed by atoms with Crippen LogP contribution in [0.25, 0.3) is 0 Å². The van der Waals surface area contributed by atoms with E-state index in [0.717, 1.165) is 5.56 Å². The fraction of sp³-hybridized carbons (Fsp3) is 0.167. The van der Waals surface area contributed by atoms with Crippen molar-refractivity contribution in [1.29, 1.82) is 0 Å². The second-order valence-corrected chi connectivity index (χ2v) is 6.72. The Bertz CT molecular complexity index is 1120. The van der Waals surface area contributed by atoms with Crippen LogP contribution in [0.15, 0.2) is 77.9 Å². The number of hydrogen-bond acceptors (Lipinski definition) is 7. The van der Waals surface area contributed by atoms with E-state index in [-0.39, 0.29) is 11.4 Å². The van der Waals surface area contributed by atoms with Gasteiger partial charge in [0.2, 0.25) is 0 Å². The van der Waals surface area contributed by atoms with Crippen molar-refractivity contribution < 1.29 is 23.9 Å². The van der Waals surface area contributed by atoms with E-state index < -0.39 is 17.4 Å². The van der Waals surface area contributed by atoms with Crippen LogP contribution in [-0.4, -0.2) is 30.3 Å². The maximum absolute atomic E-state index is 12.0. The minimum Gasteiger partial charge on any atom is -0.490 e. The minimum atomic E-state index is -0.575. The number of carbonyl (C=O) groups excluding carboxylic acids is 1. The monoisotopic (exact) mass is 449 g/mol. The smallest absolute Gasteiger partial charge is 0.310 e. The third-order valence-corrected chi connectivity index (χ3v) is 4.33. The van der Waals surface area contributed by atoms with Gasteiger partial charge >= 0.3 is 5.69 Å². The van der Waals surface area contributed by atoms with Gasteiger partial charge in [-0.15, -0.1) is 0 Å². The summed E-state index contributed by atoms with van der Waals surface area (Å²) < 4.78 is 16.8. The second-order valence-electron chi connectivity index (χ2n) is 6.72. The SMILES string of the molecule is CCOc1cc(/C=N/NC(=O)COc2ccccc2[N+](=O)[O-])ccc1OCc1ccccc1. The number of hydrazone groups is 1. The Kier molecular flexibility index (Phi) is 8.35. The summed E-state index contributed by atoms with van der Waals surface area (Å²) in [5, 5.41) is 14.9. The van der Waals surface area contributed by atoms with E-state index in [4.69, 9.17) is 14.2 Å². The zero-order valence-electron chi connectivity index (χ0n) is 18.0. The van der Waals surface area contributed by atoms with Gasteiger partial charge in [0.15, 0.2) is 23.9 Å². The quantitative estimate of drug-likeness (QED) is 0.268. The van der Waals surface area contributed by atoms with Crippen molar-refractivity contribution in [2.45, 2.75) is 13.5 Å². The molecule has 0 aliphatic rings. The van der Waals surface area contributed by atoms with Gasteiger partial charge in [-0.25, -0.2) is 5.43 Å². The third kappa shape index (κ3) is 7.06. The highest BCUT2D eigenvalue weighted by Crippen LogP contribution is 2.29. The minimum absolute atomic E-state index is 0.00840. The summed E-state index contributed by atoms with van der Waals surface area (Å²) >= 11 is 0. The first kappa shape index (κ1) is 23.3. The maximum atomic E-state index is 12.0. The van der Waals surface area contributed by atoms with Gasteiger partial charge < -0.3 is 14.2 Å². The van der Waals surface area contributed by atoms with Crippen molar-refractivity contribution >= 4 is 17.8 Å². The summed E-state index contributed by atoms with van der Waals surface area (Å²) in [7, 11) is 0. The fourth-order valence-electron chi connectivity index (χ4n) is 2.81. The average Bonchev–Trinajstić information content (AvgIpc) is 2.83. The maximum Gasteiger partial charge on any atom is 0.310 e. The molecule has 9 heteroatoms. The first-order valence-electron chi connectivity index (χ1n) is 10.2. The average molecular weight is 449 g/mol. The largest absolute Gasteiger partial charge is 0.490 e. The van der Waals surface area contributed by atoms with Gasteiger partial charge in [-0.1, -0.05) is 42.5 Å². The Morgan fingerprint density at radius 3 is 2.48 bits per heavy atom. The van der Waals surface area contributed by atoms with E-state index in [0.29, 0.717) is 30.3 Å². The molecule has 1 amide bonds. The van der Waals surface area contributed by atoms with Crippen molar-refractivity contribution in [1.82, 2.24) is 5.43 Å². The van der Waals surface area contributed by atoms with Gasteiger partial charge in [0.25, 0.3) is 5.91 Å². The normalized spacial score (nSPS) is 10.6. The molecule has 0 fully saturated rings. The van der Waals surface area contributed by atoms with E-state index in [1.165, 1.54) is 24.4 Å². The van der Waals surface area contributed by atoms with Crippen LogP contribution in [0, 0.1) is 10.1 Å². The molecule has 33 heavy (non-hydrogen) atoms. The number of rotatable bonds is 11. The molecule has 0 unspecified atom stereocenters. The van der Waals surface area contributed by atoms with Crippen molar-refractivity contribution in [2.24, 2.45) is 5.10 Å². The van der Waals surface area contributed by atoms with E-state index in [1.54, 1.807) is 24.3 Å². The molecule has 0 aliphatic carbocycles. The number of ether oxygens (including phenoxy) is 3. The van der Waals surface area contributed by atoms with Crippen molar-refractivity contribution in [3.05, 3.63) is 94.0 Å². The van der Waals surface area contributed by atoms with Crippen molar-refractivity contribution in [3.63, 3.8) is 0 Å². The van der Waals surface area contributed by atoms with E-state index in [2.05, 4.69) is 10.5 Å². The summed E-state index contributed by atoms with van der Waals surface area (Å²) in [6.45, 7) is 2.32. The molecular formula is C24H23N3O6. The number of nitrogens with zero attached hydrogens (tertiary/aromatic N) is 2. The van der Waals surface area contributed by atoms with Crippen LogP contribution in [0.1, 0.15) is 18.1 Å². The first-order chi connectivity index (χ1) is 16.1. The summed E-state index contributed by atoms with van der Waals surface area (Å²) in [4.78, 5) is 22.4. The molecule has 0 atom stereocenters. The summed E-state index contributed by atoms with van der Waals surface area (Å²) in [6.07, 6.45) is 1.45. The molecule has 0 aromatic heterocycles. The zero-order chi connectivity index (χ0) is 23.5. The lowest BCUT2D eigenvalue weighted by molar-refractivity contribution is -0.385. The predicted molar refractivity (Wildman–Crippen MR) is 123 cm³/mol. The van der Waals surface area contributed by atoms with Gasteiger partial charge in [-0.05, 0) is 42.3 Å². The van der Waals surface area contributed by atoms with Crippen LogP contribution < -0.4 is 19.6 Å². The molecule has 0 saturated heterocycles. The van der Waals surface area contributed by atoms with Crippen LogP contribution in [0.5, 0.6) is 17.2 Å². The van der Waals surface area contributed by atoms with E-state index in [9.17, 15) is 14.9 Å². The molecule has 3 aromatic rings. The molecule has 3 rings (SSSR count). The van der Waals surface area contributed by atoms with Crippen LogP contribution in [0.3, 0.4) is 0 Å². The number of hydrogen-bond donors (Lipinski definition) is 1. The van der Waals surface area contributed by atoms with Gasteiger partial charge in [0.1, 0.15) is 6.61 Å². The topological polar surface area (TPSA) is 112 Å². The molecular weight excluding hydrogens is 426 g/mol. The van der Waals surface area contributed by atoms with Crippen LogP contribution in [0.4, 0.5) is 5.69 Å². The lowest BCUT2D eigenvalue weighted by atomic mass is 10.2. The molecule has 0 aliphatic heterocycles. The standard InChI is InChI=1S/C24H23N3O6/c1-2-31-23-14-19(12-13-22(23)32-16-18-8-4-3-5-9-18)15-25-26-24(28)17-33-21-11-7-6-10-20(21)27(29)30/h3-15H,2,16-17H2,1H3,(H,26,28)/b25-15+. The summed E-state index contributed by atoms with van der Waals surface area (Å²) in [5.41, 5.74) is 3.83. The highest BCUT2D eigenvalue weighted by Gasteiger charge is 2.14. The van der Waals surface area contributed by atoms with Crippen LogP contribution in [-0.2, 0) is 11.4 Å². The molecule has 1 N–H and O–H groups in total. The summed E-state index contributed by atoms with van der Waals surface area (Å²) in [6, 6.07) is 20.9. The number of nitro benzene ring substituents is 1. The molecule has 0 heterocycles. The molecule has 0 radical (unpaired) electrons. The predicted octanol–water partition coefficient (Wildman–Crippen LogP) is 4.10. The highest BCUT2D eigenvalue weighted by atomic mass is 16.6. The molecule has 0 spiro atoms. The molecule has 170 valence electrons. The zero-order valence-corrected chi connectivity index (χ0v) is 18.0. The summed E-state index contributed by atoms with van der Waals surface area (Å²) in [5.74, 6) is 0.606. The highest BCUT2D eigenvalue weighted by molar-refractivity contribution is 5.83. The van der Waals surface area contributed by atoms with Gasteiger partial charge in [-0.2, -0.15) is 5.10 Å². The van der Waals surface area contributed by atoms with Crippen molar-refractivity contribution in [3.8, 4) is 17.2 Å². The Morgan fingerprint density at radius 1 is 0.970 bits per heavy atom. The second kappa shape index (κ2) is 11.8. The lowest BCUT2D eigenvalue weighted by Gasteiger charge is -2.12. The molecule has 9 nitrogen and oxygen atoms in total. The third-order valence-electron chi connectivity index (χ3n) is 4.33. The fourth-order valence-corrected chi connectivity index (χ4v) is 2.81. The Morgan fingerprint density at radius 2 is 1.73 bits per heavy atom. The number of nitrogens with one attached hydrogen (secondary N) is 1. The number of amides is 1. The number of carbonyl (C=O) groups is 1. The van der Waals surface area contributed by atoms with Gasteiger partial charge in [-0.3, -0.25) is 14.9 Å². The van der Waals surface area contributed by atoms with Crippen LogP contribution >= 0.6 is 0 Å². The van der Waals surface area contributed by atoms with Crippen molar-refractivity contribution in [2.75, 3.05) is 13.2 Å². The number of para-hydroxylation sites is 2. The molecule has 3 aromatic carbocycles. The van der Waals surface area contributed by atoms with Gasteiger partial charge in [0.05, 0.1) is 17.7 Å². The lowest BCUT2D eigenvalue weighted by Crippen LogP contribution is -2.24. The van der Waals surface area contributed by atoms with Crippen LogP contribution in [0.2, 0.25) is 0 Å². The molecule has 0 saturated carbocycles. The van der Waals surface area contributed by atoms with E-state index >= 15 is 0 Å². The number of nitro groups is 1. The molecule has 0 bridgehead atoms. The Balaban J connectivity index is 1.56. The number of benzene rings is 3. The first-order valence-corrected chi connectivity index (χ1v) is 10.2. The Labute approximate surface area is 190 Å².